The van der Waals surface area contributed by atoms with E-state index in [0.717, 1.165) is 31.9 Å². The van der Waals surface area contributed by atoms with Gasteiger partial charge >= 0.3 is 245 Å². The van der Waals surface area contributed by atoms with Crippen molar-refractivity contribution in [3.63, 3.8) is 0 Å². The van der Waals surface area contributed by atoms with Gasteiger partial charge in [0.1, 0.15) is 0 Å². The number of hydrogen-bond acceptors (Lipinski definition) is 9. The van der Waals surface area contributed by atoms with E-state index in [0.29, 0.717) is 16.2 Å². The zero-order chi connectivity index (χ0) is 30.3. The second-order valence-corrected chi connectivity index (χ2v) is 14.4. The van der Waals surface area contributed by atoms with Gasteiger partial charge in [0.25, 0.3) is 0 Å². The van der Waals surface area contributed by atoms with Gasteiger partial charge in [-0.15, -0.1) is 0 Å². The molecule has 42 heavy (non-hydrogen) atoms. The number of hydrogen-bond donors (Lipinski definition) is 0. The fourth-order valence-electron chi connectivity index (χ4n) is 4.53. The van der Waals surface area contributed by atoms with Crippen LogP contribution in [0.5, 0.6) is 0 Å². The molecule has 0 aliphatic rings. The minimum atomic E-state index is -4.62. The standard InChI is InChI=1S/C31H29O9PS/c1-37-29(32)23-16-14-22(15-17-23)21-41(26-10-6-4-7-11-26,27-12-8-5-9-13-27)40-42(35,36)28-19-24(30(33)38-2)18-25(20-28)31(34)39-3/h4-20,41H,21H2,1-3H3. The maximum absolute atomic E-state index is 14.1. The molecule has 218 valence electrons. The third-order valence-electron chi connectivity index (χ3n) is 6.60. The van der Waals surface area contributed by atoms with E-state index in [2.05, 4.69) is 0 Å². The third-order valence-corrected chi connectivity index (χ3v) is 12.9. The number of ether oxygens (including phenoxy) is 3. The van der Waals surface area contributed by atoms with Crippen LogP contribution in [-0.4, -0.2) is 47.7 Å². The minimum absolute atomic E-state index is 0.160. The van der Waals surface area contributed by atoms with Crippen molar-refractivity contribution in [3.05, 3.63) is 125 Å². The number of methoxy groups -OCH3 is 3. The van der Waals surface area contributed by atoms with Crippen LogP contribution in [0, 0.1) is 0 Å². The molecule has 0 saturated carbocycles. The van der Waals surface area contributed by atoms with Crippen molar-refractivity contribution in [2.45, 2.75) is 11.1 Å². The first-order chi connectivity index (χ1) is 20.1. The van der Waals surface area contributed by atoms with Crippen molar-refractivity contribution in [1.82, 2.24) is 0 Å². The summed E-state index contributed by atoms with van der Waals surface area (Å²) in [5, 5.41) is 1.32. The molecular formula is C31H29O9PS. The van der Waals surface area contributed by atoms with Gasteiger partial charge in [0.15, 0.2) is 0 Å². The SMILES string of the molecule is COC(=O)c1ccc(C[PH](OS(=O)(=O)c2cc(C(=O)OC)cc(C(=O)OC)c2)(c2ccccc2)c2ccccc2)cc1. The Bertz CT molecular complexity index is 1610. The summed E-state index contributed by atoms with van der Waals surface area (Å²) >= 11 is 0. The molecule has 4 rings (SSSR count). The molecule has 9 nitrogen and oxygen atoms in total. The molecule has 0 spiro atoms. The molecule has 11 heteroatoms. The average Bonchev–Trinajstić information content (AvgIpc) is 3.04. The number of rotatable bonds is 10. The van der Waals surface area contributed by atoms with Crippen LogP contribution in [-0.2, 0) is 34.5 Å². The Morgan fingerprint density at radius 2 is 1.02 bits per heavy atom. The van der Waals surface area contributed by atoms with E-state index < -0.39 is 40.4 Å². The average molecular weight is 609 g/mol. The van der Waals surface area contributed by atoms with Gasteiger partial charge in [-0.2, -0.15) is 0 Å². The molecule has 0 saturated heterocycles. The van der Waals surface area contributed by atoms with Gasteiger partial charge in [-0.25, -0.2) is 0 Å². The molecular weight excluding hydrogens is 579 g/mol. The summed E-state index contributed by atoms with van der Waals surface area (Å²) in [6.45, 7) is 0. The number of benzene rings is 4. The van der Waals surface area contributed by atoms with Crippen LogP contribution in [0.15, 0.2) is 108 Å². The quantitative estimate of drug-likeness (QED) is 0.148. The van der Waals surface area contributed by atoms with Crippen LogP contribution >= 0.6 is 7.49 Å². The molecule has 0 fully saturated rings. The van der Waals surface area contributed by atoms with E-state index in [4.69, 9.17) is 18.2 Å². The molecule has 0 N–H and O–H groups in total. The fourth-order valence-corrected chi connectivity index (χ4v) is 11.0. The van der Waals surface area contributed by atoms with E-state index in [1.54, 1.807) is 48.5 Å². The van der Waals surface area contributed by atoms with Gasteiger partial charge in [0.05, 0.1) is 0 Å². The van der Waals surface area contributed by atoms with Crippen LogP contribution in [0.3, 0.4) is 0 Å². The van der Waals surface area contributed by atoms with Gasteiger partial charge in [-0.05, 0) is 0 Å². The normalized spacial score (nSPS) is 11.8. The Balaban J connectivity index is 1.92. The molecule has 0 heterocycles. The third kappa shape index (κ3) is 6.57. The molecule has 0 unspecified atom stereocenters. The zero-order valence-electron chi connectivity index (χ0n) is 23.1. The molecule has 4 aromatic rings. The summed E-state index contributed by atoms with van der Waals surface area (Å²) in [6, 6.07) is 28.1. The van der Waals surface area contributed by atoms with Crippen LogP contribution < -0.4 is 10.6 Å². The number of esters is 3. The van der Waals surface area contributed by atoms with Crippen molar-refractivity contribution < 1.29 is 41.0 Å². The van der Waals surface area contributed by atoms with E-state index in [1.165, 1.54) is 13.2 Å². The van der Waals surface area contributed by atoms with Crippen molar-refractivity contribution in [1.29, 1.82) is 0 Å². The molecule has 0 radical (unpaired) electrons. The Hall–Kier alpha value is -4.37. The van der Waals surface area contributed by atoms with E-state index in [9.17, 15) is 22.8 Å². The topological polar surface area (TPSA) is 122 Å². The molecule has 0 amide bonds. The summed E-state index contributed by atoms with van der Waals surface area (Å²) in [6.07, 6.45) is 0.169. The van der Waals surface area contributed by atoms with Crippen LogP contribution in [0.25, 0.3) is 0 Å². The maximum atomic E-state index is 14.1. The van der Waals surface area contributed by atoms with Crippen molar-refractivity contribution in [3.8, 4) is 0 Å². The summed E-state index contributed by atoms with van der Waals surface area (Å²) in [5.41, 5.74) is 0.743. The van der Waals surface area contributed by atoms with Crippen LogP contribution in [0.1, 0.15) is 36.6 Å². The first-order valence-electron chi connectivity index (χ1n) is 12.7. The van der Waals surface area contributed by atoms with E-state index >= 15 is 0 Å². The monoisotopic (exact) mass is 608 g/mol. The van der Waals surface area contributed by atoms with Gasteiger partial charge in [-0.3, -0.25) is 0 Å². The fraction of sp³-hybridized carbons (Fsp3) is 0.129. The predicted molar refractivity (Wildman–Crippen MR) is 159 cm³/mol. The zero-order valence-corrected chi connectivity index (χ0v) is 24.9. The Labute approximate surface area is 244 Å². The molecule has 4 aromatic carbocycles. The summed E-state index contributed by atoms with van der Waals surface area (Å²) in [7, 11) is -4.74. The van der Waals surface area contributed by atoms with Crippen LogP contribution in [0.4, 0.5) is 0 Å². The molecule has 0 atom stereocenters. The van der Waals surface area contributed by atoms with Crippen LogP contribution in [0.2, 0.25) is 0 Å². The summed E-state index contributed by atoms with van der Waals surface area (Å²) in [4.78, 5) is 36.4. The van der Waals surface area contributed by atoms with Gasteiger partial charge in [0, 0.05) is 0 Å². The van der Waals surface area contributed by atoms with Gasteiger partial charge < -0.3 is 0 Å². The summed E-state index contributed by atoms with van der Waals surface area (Å²) < 4.78 is 49.0. The molecule has 0 bridgehead atoms. The second-order valence-electron chi connectivity index (χ2n) is 9.19. The summed E-state index contributed by atoms with van der Waals surface area (Å²) in [5.74, 6) is -2.17. The van der Waals surface area contributed by atoms with Gasteiger partial charge in [-0.1, -0.05) is 0 Å². The number of carbonyl (C=O) groups excluding carboxylic acids is 3. The number of carbonyl (C=O) groups is 3. The van der Waals surface area contributed by atoms with Gasteiger partial charge in [0.2, 0.25) is 0 Å². The van der Waals surface area contributed by atoms with Crippen molar-refractivity contribution >= 4 is 46.1 Å². The first-order valence-corrected chi connectivity index (χ1v) is 16.2. The van der Waals surface area contributed by atoms with E-state index in [1.807, 2.05) is 36.4 Å². The Morgan fingerprint density at radius 1 is 0.595 bits per heavy atom. The second kappa shape index (κ2) is 13.1. The van der Waals surface area contributed by atoms with E-state index in [-0.39, 0.29) is 17.3 Å². The van der Waals surface area contributed by atoms with Crippen molar-refractivity contribution in [2.75, 3.05) is 21.3 Å². The first kappa shape index (κ1) is 30.6. The Kier molecular flexibility index (Phi) is 9.52. The Morgan fingerprint density at radius 3 is 1.45 bits per heavy atom. The molecule has 0 aliphatic carbocycles. The predicted octanol–water partition coefficient (Wildman–Crippen LogP) is 4.27. The van der Waals surface area contributed by atoms with Crippen molar-refractivity contribution in [2.24, 2.45) is 0 Å². The molecule has 0 aromatic heterocycles. The molecule has 0 aliphatic heterocycles.